The molecule has 3 aromatic carbocycles. The lowest BCUT2D eigenvalue weighted by molar-refractivity contribution is 0.0686. The number of rotatable bonds is 10. The minimum Gasteiger partial charge on any atom is -0.477 e. The molecule has 0 saturated carbocycles. The third kappa shape index (κ3) is 6.59. The predicted molar refractivity (Wildman–Crippen MR) is 145 cm³/mol. The second kappa shape index (κ2) is 11.1. The van der Waals surface area contributed by atoms with Crippen LogP contribution in [0.1, 0.15) is 40.2 Å². The number of fused-ring (bicyclic) bond motifs is 1. The highest BCUT2D eigenvalue weighted by molar-refractivity contribution is 7.90. The van der Waals surface area contributed by atoms with E-state index in [-0.39, 0.29) is 16.6 Å². The van der Waals surface area contributed by atoms with Crippen LogP contribution in [0.25, 0.3) is 10.9 Å². The van der Waals surface area contributed by atoms with E-state index in [2.05, 4.69) is 5.32 Å². The van der Waals surface area contributed by atoms with Gasteiger partial charge < -0.3 is 20.1 Å². The van der Waals surface area contributed by atoms with Crippen LogP contribution in [0.4, 0.5) is 0 Å². The molecule has 3 N–H and O–H groups in total. The predicted octanol–water partition coefficient (Wildman–Crippen LogP) is 4.70. The molecule has 9 heteroatoms. The fourth-order valence-corrected chi connectivity index (χ4v) is 5.22. The van der Waals surface area contributed by atoms with Gasteiger partial charge in [-0.2, -0.15) is 0 Å². The number of halogens is 1. The van der Waals surface area contributed by atoms with Crippen LogP contribution in [0, 0.1) is 0 Å². The number of hydrogen-bond donors (Lipinski definition) is 3. The van der Waals surface area contributed by atoms with Crippen LogP contribution in [0.2, 0.25) is 5.02 Å². The summed E-state index contributed by atoms with van der Waals surface area (Å²) in [5.41, 5.74) is 3.53. The number of aliphatic hydroxyl groups is 1. The van der Waals surface area contributed by atoms with E-state index in [1.807, 2.05) is 37.3 Å². The second-order valence-electron chi connectivity index (χ2n) is 9.31. The Morgan fingerprint density at radius 2 is 1.73 bits per heavy atom. The van der Waals surface area contributed by atoms with Gasteiger partial charge in [-0.1, -0.05) is 41.9 Å². The largest absolute Gasteiger partial charge is 0.477 e. The van der Waals surface area contributed by atoms with Crippen LogP contribution >= 0.6 is 11.6 Å². The van der Waals surface area contributed by atoms with E-state index in [1.54, 1.807) is 34.9 Å². The zero-order chi connectivity index (χ0) is 26.7. The Bertz CT molecular complexity index is 1530. The highest BCUT2D eigenvalue weighted by Crippen LogP contribution is 2.24. The molecule has 0 aliphatic rings. The van der Waals surface area contributed by atoms with Gasteiger partial charge in [0, 0.05) is 41.3 Å². The maximum Gasteiger partial charge on any atom is 0.352 e. The van der Waals surface area contributed by atoms with E-state index in [4.69, 9.17) is 11.6 Å². The lowest BCUT2D eigenvalue weighted by Crippen LogP contribution is -2.32. The zero-order valence-electron chi connectivity index (χ0n) is 20.6. The number of sulfone groups is 1. The van der Waals surface area contributed by atoms with Crippen molar-refractivity contribution in [3.63, 3.8) is 0 Å². The number of aliphatic hydroxyl groups excluding tert-OH is 1. The zero-order valence-corrected chi connectivity index (χ0v) is 22.1. The van der Waals surface area contributed by atoms with Crippen molar-refractivity contribution >= 4 is 38.3 Å². The molecule has 0 amide bonds. The molecule has 0 fully saturated rings. The molecular formula is C28H29ClN2O5S. The Balaban J connectivity index is 1.49. The van der Waals surface area contributed by atoms with Gasteiger partial charge in [0.2, 0.25) is 0 Å². The van der Waals surface area contributed by atoms with E-state index in [0.29, 0.717) is 24.5 Å². The summed E-state index contributed by atoms with van der Waals surface area (Å²) in [7, 11) is -3.30. The van der Waals surface area contributed by atoms with Crippen LogP contribution in [0.5, 0.6) is 0 Å². The molecule has 1 heterocycles. The minimum atomic E-state index is -3.30. The van der Waals surface area contributed by atoms with Gasteiger partial charge in [0.15, 0.2) is 9.84 Å². The number of nitrogens with zero attached hydrogens (tertiary/aromatic N) is 1. The second-order valence-corrected chi connectivity index (χ2v) is 11.8. The molecule has 2 atom stereocenters. The van der Waals surface area contributed by atoms with Gasteiger partial charge in [0.05, 0.1) is 11.0 Å². The SMILES string of the molecule is CC(Cc1ccc2c(c1)cc(C(=O)O)n2Cc1ccc(S(C)(=O)=O)cc1)NCC(O)c1cccc(Cl)c1. The Labute approximate surface area is 221 Å². The molecule has 194 valence electrons. The van der Waals surface area contributed by atoms with Crippen molar-refractivity contribution in [2.24, 2.45) is 0 Å². The topological polar surface area (TPSA) is 109 Å². The standard InChI is InChI=1S/C28H29ClN2O5S/c1-18(30-16-27(32)21-4-3-5-23(29)14-21)12-20-8-11-25-22(13-20)15-26(28(33)34)31(25)17-19-6-9-24(10-7-19)37(2,35)36/h3-11,13-15,18,27,30,32H,12,16-17H2,1-2H3,(H,33,34). The normalized spacial score (nSPS) is 13.5. The summed E-state index contributed by atoms with van der Waals surface area (Å²) in [6.07, 6.45) is 1.17. The highest BCUT2D eigenvalue weighted by atomic mass is 35.5. The van der Waals surface area contributed by atoms with Gasteiger partial charge in [0.1, 0.15) is 5.69 Å². The van der Waals surface area contributed by atoms with Gasteiger partial charge in [-0.25, -0.2) is 13.2 Å². The maximum absolute atomic E-state index is 12.0. The lowest BCUT2D eigenvalue weighted by Gasteiger charge is -2.18. The van der Waals surface area contributed by atoms with Gasteiger partial charge in [0.25, 0.3) is 0 Å². The van der Waals surface area contributed by atoms with Gasteiger partial charge in [-0.05, 0) is 72.5 Å². The maximum atomic E-state index is 12.0. The Morgan fingerprint density at radius 1 is 1.03 bits per heavy atom. The quantitative estimate of drug-likeness (QED) is 0.269. The molecule has 4 rings (SSSR count). The molecule has 0 aliphatic carbocycles. The van der Waals surface area contributed by atoms with Crippen molar-refractivity contribution in [2.45, 2.75) is 36.9 Å². The fourth-order valence-electron chi connectivity index (χ4n) is 4.39. The molecular weight excluding hydrogens is 512 g/mol. The fraction of sp³-hybridized carbons (Fsp3) is 0.250. The smallest absolute Gasteiger partial charge is 0.352 e. The van der Waals surface area contributed by atoms with Crippen molar-refractivity contribution in [3.05, 3.63) is 100 Å². The van der Waals surface area contributed by atoms with Crippen molar-refractivity contribution in [1.29, 1.82) is 0 Å². The number of aromatic carboxylic acids is 1. The summed E-state index contributed by atoms with van der Waals surface area (Å²) in [5.74, 6) is -1.03. The molecule has 0 spiro atoms. The van der Waals surface area contributed by atoms with Crippen LogP contribution in [-0.4, -0.2) is 48.0 Å². The number of hydrogen-bond acceptors (Lipinski definition) is 5. The number of carboxylic acids is 1. The number of nitrogens with one attached hydrogen (secondary N) is 1. The average molecular weight is 541 g/mol. The van der Waals surface area contributed by atoms with E-state index in [1.165, 1.54) is 12.1 Å². The molecule has 7 nitrogen and oxygen atoms in total. The van der Waals surface area contributed by atoms with Crippen molar-refractivity contribution in [2.75, 3.05) is 12.8 Å². The summed E-state index contributed by atoms with van der Waals surface area (Å²) in [4.78, 5) is 12.2. The Morgan fingerprint density at radius 3 is 2.38 bits per heavy atom. The molecule has 0 bridgehead atoms. The lowest BCUT2D eigenvalue weighted by atomic mass is 10.0. The van der Waals surface area contributed by atoms with E-state index < -0.39 is 21.9 Å². The van der Waals surface area contributed by atoms with Gasteiger partial charge in [-0.3, -0.25) is 0 Å². The number of benzene rings is 3. The van der Waals surface area contributed by atoms with Crippen molar-refractivity contribution < 1.29 is 23.4 Å². The first-order valence-electron chi connectivity index (χ1n) is 11.8. The monoisotopic (exact) mass is 540 g/mol. The van der Waals surface area contributed by atoms with Crippen molar-refractivity contribution in [3.8, 4) is 0 Å². The first kappa shape index (κ1) is 26.9. The summed E-state index contributed by atoms with van der Waals surface area (Å²) in [6, 6.07) is 21.2. The average Bonchev–Trinajstić information content (AvgIpc) is 3.20. The molecule has 4 aromatic rings. The van der Waals surface area contributed by atoms with E-state index in [0.717, 1.165) is 33.8 Å². The Hall–Kier alpha value is -3.17. The highest BCUT2D eigenvalue weighted by Gasteiger charge is 2.17. The number of aromatic nitrogens is 1. The van der Waals surface area contributed by atoms with E-state index in [9.17, 15) is 23.4 Å². The molecule has 0 radical (unpaired) electrons. The number of carboxylic acid groups (broad SMARTS) is 1. The molecule has 0 aliphatic heterocycles. The molecule has 1 aromatic heterocycles. The first-order chi connectivity index (χ1) is 17.5. The van der Waals surface area contributed by atoms with Crippen LogP contribution < -0.4 is 5.32 Å². The summed E-state index contributed by atoms with van der Waals surface area (Å²) < 4.78 is 25.2. The van der Waals surface area contributed by atoms with Crippen LogP contribution in [0.15, 0.2) is 77.7 Å². The van der Waals surface area contributed by atoms with Gasteiger partial charge >= 0.3 is 5.97 Å². The van der Waals surface area contributed by atoms with Crippen LogP contribution in [-0.2, 0) is 22.8 Å². The summed E-state index contributed by atoms with van der Waals surface area (Å²) in [5, 5.41) is 25.0. The van der Waals surface area contributed by atoms with E-state index >= 15 is 0 Å². The minimum absolute atomic E-state index is 0.0701. The molecule has 2 unspecified atom stereocenters. The third-order valence-electron chi connectivity index (χ3n) is 6.31. The summed E-state index contributed by atoms with van der Waals surface area (Å²) >= 11 is 6.01. The van der Waals surface area contributed by atoms with Crippen LogP contribution in [0.3, 0.4) is 0 Å². The first-order valence-corrected chi connectivity index (χ1v) is 14.1. The Kier molecular flexibility index (Phi) is 8.04. The van der Waals surface area contributed by atoms with Gasteiger partial charge in [-0.15, -0.1) is 0 Å². The molecule has 0 saturated heterocycles. The summed E-state index contributed by atoms with van der Waals surface area (Å²) in [6.45, 7) is 2.71. The molecule has 37 heavy (non-hydrogen) atoms. The third-order valence-corrected chi connectivity index (χ3v) is 7.68. The number of carbonyl (C=O) groups is 1. The van der Waals surface area contributed by atoms with Crippen molar-refractivity contribution in [1.82, 2.24) is 9.88 Å².